The van der Waals surface area contributed by atoms with Gasteiger partial charge in [-0.3, -0.25) is 29.1 Å². The van der Waals surface area contributed by atoms with Crippen molar-refractivity contribution in [2.24, 2.45) is 39.5 Å². The van der Waals surface area contributed by atoms with Gasteiger partial charge >= 0.3 is 11.9 Å². The molecule has 324 valence electrons. The van der Waals surface area contributed by atoms with Crippen molar-refractivity contribution in [3.63, 3.8) is 0 Å². The first kappa shape index (κ1) is 42.9. The third-order valence-corrected chi connectivity index (χ3v) is 14.8. The second-order valence-corrected chi connectivity index (χ2v) is 20.1. The maximum atomic E-state index is 14.8. The van der Waals surface area contributed by atoms with Crippen LogP contribution >= 0.6 is 23.4 Å². The lowest BCUT2D eigenvalue weighted by molar-refractivity contribution is -0.157. The number of halogens is 1. The monoisotopic (exact) mass is 864 g/mol. The smallest absolute Gasteiger partial charge is 0.310 e. The number of carboxylic acids is 1. The lowest BCUT2D eigenvalue weighted by atomic mass is 9.77. The van der Waals surface area contributed by atoms with Crippen molar-refractivity contribution in [3.05, 3.63) is 35.5 Å². The first-order valence-corrected chi connectivity index (χ1v) is 22.8. The lowest BCUT2D eigenvalue weighted by Gasteiger charge is -2.35. The van der Waals surface area contributed by atoms with Gasteiger partial charge in [-0.2, -0.15) is 0 Å². The fourth-order valence-corrected chi connectivity index (χ4v) is 10.8. The van der Waals surface area contributed by atoms with Crippen molar-refractivity contribution in [1.82, 2.24) is 14.8 Å². The summed E-state index contributed by atoms with van der Waals surface area (Å²) in [7, 11) is 0. The molecule has 1 unspecified atom stereocenters. The van der Waals surface area contributed by atoms with Gasteiger partial charge in [0.05, 0.1) is 54.1 Å². The summed E-state index contributed by atoms with van der Waals surface area (Å²) in [6, 6.07) is 4.57. The number of Topliss-reactive ketones (excluding diaryl/α,β-unsaturated/α-hetero) is 1. The maximum Gasteiger partial charge on any atom is 0.310 e. The van der Waals surface area contributed by atoms with Gasteiger partial charge in [0.2, 0.25) is 5.91 Å². The van der Waals surface area contributed by atoms with E-state index in [1.165, 1.54) is 18.2 Å². The number of carboxylic acid groups (broad SMARTS) is 1. The second-order valence-electron chi connectivity index (χ2n) is 18.6. The number of aliphatic imine (C=N–C) groups is 1. The Kier molecular flexibility index (Phi) is 12.6. The Bertz CT molecular complexity index is 2060. The zero-order valence-corrected chi connectivity index (χ0v) is 36.6. The number of aliphatic carboxylic acids is 1. The number of nitrogens with zero attached hydrogens (tertiary/aromatic N) is 4. The van der Waals surface area contributed by atoms with Gasteiger partial charge in [0.1, 0.15) is 40.4 Å². The number of hydrogen-bond acceptors (Lipinski definition) is 12. The molecule has 13 nitrogen and oxygen atoms in total. The number of carbonyl (C=O) groups is 4. The van der Waals surface area contributed by atoms with Crippen molar-refractivity contribution in [2.45, 2.75) is 109 Å². The van der Waals surface area contributed by atoms with Crippen LogP contribution in [-0.4, -0.2) is 113 Å². The molecular formula is C45H57ClN4O9S. The normalized spacial score (nSPS) is 28.9. The van der Waals surface area contributed by atoms with Gasteiger partial charge < -0.3 is 29.0 Å². The maximum absolute atomic E-state index is 14.8. The van der Waals surface area contributed by atoms with Crippen molar-refractivity contribution >= 4 is 62.9 Å². The minimum absolute atomic E-state index is 0.0690. The Hall–Kier alpha value is -3.72. The highest BCUT2D eigenvalue weighted by Crippen LogP contribution is 2.58. The number of allylic oxidation sites excluding steroid dienone is 1. The van der Waals surface area contributed by atoms with Gasteiger partial charge in [-0.05, 0) is 61.0 Å². The van der Waals surface area contributed by atoms with E-state index in [9.17, 15) is 24.3 Å². The van der Waals surface area contributed by atoms with Crippen LogP contribution in [0.5, 0.6) is 11.5 Å². The van der Waals surface area contributed by atoms with E-state index in [1.807, 2.05) is 45.9 Å². The van der Waals surface area contributed by atoms with Crippen molar-refractivity contribution in [3.8, 4) is 11.5 Å². The molecule has 2 saturated heterocycles. The van der Waals surface area contributed by atoms with Crippen molar-refractivity contribution in [2.75, 3.05) is 46.0 Å². The van der Waals surface area contributed by atoms with E-state index < -0.39 is 40.8 Å². The predicted molar refractivity (Wildman–Crippen MR) is 227 cm³/mol. The number of ether oxygens (including phenoxy) is 4. The summed E-state index contributed by atoms with van der Waals surface area (Å²) >= 11 is 8.46. The SMILES string of the molecule is CC[C@@H]1C[C@]1(CC(=O)[C@@H]1C[C@@H](Oc2cc(SC3=NC=CC3)nc3c(Cl)c(OCCN4CCOCC4)ccc23)CN1C(=O)[C@@H](CC(=O)OC1C[C@@H]2C[C@@H]2C1)C(C)(C)C)C(=O)O. The summed E-state index contributed by atoms with van der Waals surface area (Å²) in [5, 5.41) is 12.7. The van der Waals surface area contributed by atoms with Crippen LogP contribution in [0, 0.1) is 34.5 Å². The molecule has 3 aliphatic heterocycles. The van der Waals surface area contributed by atoms with Crippen LogP contribution in [0.25, 0.3) is 10.9 Å². The fourth-order valence-electron chi connectivity index (χ4n) is 9.72. The molecule has 3 aliphatic carbocycles. The molecule has 1 amide bonds. The van der Waals surface area contributed by atoms with E-state index in [1.54, 1.807) is 17.2 Å². The van der Waals surface area contributed by atoms with Crippen LogP contribution in [-0.2, 0) is 28.7 Å². The quantitative estimate of drug-likeness (QED) is 0.170. The highest BCUT2D eigenvalue weighted by molar-refractivity contribution is 8.13. The van der Waals surface area contributed by atoms with E-state index in [2.05, 4.69) is 9.89 Å². The van der Waals surface area contributed by atoms with Crippen molar-refractivity contribution in [1.29, 1.82) is 0 Å². The number of morpholine rings is 1. The molecule has 8 atom stereocenters. The number of thioether (sulfide) groups is 1. The number of hydrogen-bond donors (Lipinski definition) is 1. The Morgan fingerprint density at radius 2 is 1.83 bits per heavy atom. The van der Waals surface area contributed by atoms with Crippen LogP contribution in [0.1, 0.15) is 85.5 Å². The van der Waals surface area contributed by atoms with Gasteiger partial charge in [-0.1, -0.05) is 63.6 Å². The van der Waals surface area contributed by atoms with Gasteiger partial charge in [0.25, 0.3) is 0 Å². The molecule has 0 radical (unpaired) electrons. The van der Waals surface area contributed by atoms with E-state index >= 15 is 0 Å². The van der Waals surface area contributed by atoms with Crippen LogP contribution in [0.4, 0.5) is 0 Å². The predicted octanol–water partition coefficient (Wildman–Crippen LogP) is 7.21. The number of esters is 1. The molecule has 4 heterocycles. The number of ketones is 1. The molecule has 15 heteroatoms. The molecule has 60 heavy (non-hydrogen) atoms. The summed E-state index contributed by atoms with van der Waals surface area (Å²) < 4.78 is 24.4. The zero-order chi connectivity index (χ0) is 42.3. The summed E-state index contributed by atoms with van der Waals surface area (Å²) in [4.78, 5) is 68.4. The number of likely N-dealkylation sites (tertiary alicyclic amines) is 1. The lowest BCUT2D eigenvalue weighted by Crippen LogP contribution is -2.48. The molecule has 1 aromatic carbocycles. The number of pyridine rings is 1. The molecule has 8 rings (SSSR count). The number of fused-ring (bicyclic) bond motifs is 2. The van der Waals surface area contributed by atoms with Crippen LogP contribution < -0.4 is 9.47 Å². The van der Waals surface area contributed by atoms with E-state index in [0.29, 0.717) is 83.4 Å². The third kappa shape index (κ3) is 9.36. The molecular weight excluding hydrogens is 808 g/mol. The highest BCUT2D eigenvalue weighted by Gasteiger charge is 2.61. The molecule has 0 bridgehead atoms. The minimum atomic E-state index is -1.14. The molecule has 1 N–H and O–H groups in total. The van der Waals surface area contributed by atoms with Gasteiger partial charge in [-0.15, -0.1) is 0 Å². The molecule has 6 aliphatic rings. The molecule has 0 spiro atoms. The largest absolute Gasteiger partial charge is 0.491 e. The topological polar surface area (TPSA) is 157 Å². The molecule has 2 aromatic rings. The zero-order valence-electron chi connectivity index (χ0n) is 35.0. The fraction of sp³-hybridized carbons (Fsp3) is 0.644. The molecule has 3 saturated carbocycles. The van der Waals surface area contributed by atoms with Crippen molar-refractivity contribution < 1.29 is 43.2 Å². The van der Waals surface area contributed by atoms with Crippen LogP contribution in [0.2, 0.25) is 5.02 Å². The number of aromatic nitrogens is 1. The minimum Gasteiger partial charge on any atom is -0.491 e. The Morgan fingerprint density at radius 3 is 2.50 bits per heavy atom. The average Bonchev–Trinajstić information content (AvgIpc) is 3.85. The molecule has 5 fully saturated rings. The number of amides is 1. The van der Waals surface area contributed by atoms with E-state index in [0.717, 1.165) is 37.5 Å². The average molecular weight is 865 g/mol. The Balaban J connectivity index is 1.06. The van der Waals surface area contributed by atoms with Gasteiger partial charge in [-0.25, -0.2) is 4.98 Å². The van der Waals surface area contributed by atoms with E-state index in [4.69, 9.17) is 35.5 Å². The number of benzene rings is 1. The van der Waals surface area contributed by atoms with E-state index in [-0.39, 0.29) is 49.5 Å². The number of carbonyl (C=O) groups excluding carboxylic acids is 3. The summed E-state index contributed by atoms with van der Waals surface area (Å²) in [5.41, 5.74) is -1.30. The third-order valence-electron chi connectivity index (χ3n) is 13.5. The van der Waals surface area contributed by atoms with Gasteiger partial charge in [0.15, 0.2) is 5.78 Å². The molecule has 1 aromatic heterocycles. The summed E-state index contributed by atoms with van der Waals surface area (Å²) in [6.07, 6.45) is 7.54. The Morgan fingerprint density at radius 1 is 1.07 bits per heavy atom. The standard InChI is InChI=1S/C45H57ClN4O9S/c1-5-28-23-45(28,43(54)55)24-34(51)33-20-30(25-50(33)42(53)32(44(2,3)4)21-39(52)59-29-18-26-17-27(26)19-29)58-36-22-38(60-37-7-6-10-47-37)48-41-31(36)8-9-35(40(41)46)57-16-13-49-11-14-56-15-12-49/h6,8-10,22,26-30,32-33H,5,7,11-21,23-25H2,1-4H3,(H,54,55)/t26-,27+,28-,29?,30-,32-,33+,45-/m1/s1. The first-order chi connectivity index (χ1) is 28.7. The second kappa shape index (κ2) is 17.6. The van der Waals surface area contributed by atoms with Crippen LogP contribution in [0.3, 0.4) is 0 Å². The Labute approximate surface area is 360 Å². The summed E-state index contributed by atoms with van der Waals surface area (Å²) in [5.74, 6) is -0.669. The highest BCUT2D eigenvalue weighted by atomic mass is 35.5. The first-order valence-electron chi connectivity index (χ1n) is 21.6. The van der Waals surface area contributed by atoms with Crippen LogP contribution in [0.15, 0.2) is 40.5 Å². The number of rotatable bonds is 16. The van der Waals surface area contributed by atoms with Gasteiger partial charge in [0, 0.05) is 56.5 Å². The summed E-state index contributed by atoms with van der Waals surface area (Å²) in [6.45, 7) is 12.0.